The highest BCUT2D eigenvalue weighted by molar-refractivity contribution is 6.30. The molecule has 0 saturated carbocycles. The summed E-state index contributed by atoms with van der Waals surface area (Å²) in [5.74, 6) is -0.718. The SMILES string of the molecule is Cc1c(F)cccc1C/C=C(\CCC(=O)NO)c1cncc(Cl)c1. The van der Waals surface area contributed by atoms with E-state index >= 15 is 0 Å². The van der Waals surface area contributed by atoms with Gasteiger partial charge in [-0.05, 0) is 54.2 Å². The van der Waals surface area contributed by atoms with Gasteiger partial charge in [0, 0.05) is 18.8 Å². The van der Waals surface area contributed by atoms with E-state index in [0.717, 1.165) is 16.7 Å². The molecule has 6 heteroatoms. The molecule has 4 nitrogen and oxygen atoms in total. The molecule has 1 aromatic carbocycles. The number of hydrogen-bond donors (Lipinski definition) is 2. The number of pyridine rings is 1. The van der Waals surface area contributed by atoms with Crippen LogP contribution in [0.25, 0.3) is 5.57 Å². The molecule has 0 aliphatic carbocycles. The fraction of sp³-hybridized carbons (Fsp3) is 0.222. The molecule has 0 atom stereocenters. The largest absolute Gasteiger partial charge is 0.289 e. The Morgan fingerprint density at radius 1 is 1.38 bits per heavy atom. The molecule has 1 heterocycles. The predicted octanol–water partition coefficient (Wildman–Crippen LogP) is 4.09. The van der Waals surface area contributed by atoms with Crippen LogP contribution in [0.5, 0.6) is 0 Å². The maximum absolute atomic E-state index is 13.7. The third-order valence-corrected chi connectivity index (χ3v) is 3.98. The van der Waals surface area contributed by atoms with Gasteiger partial charge in [-0.25, -0.2) is 9.87 Å². The van der Waals surface area contributed by atoms with E-state index in [1.165, 1.54) is 12.3 Å². The lowest BCUT2D eigenvalue weighted by molar-refractivity contribution is -0.129. The van der Waals surface area contributed by atoms with Crippen molar-refractivity contribution in [3.05, 3.63) is 70.3 Å². The lowest BCUT2D eigenvalue weighted by atomic mass is 9.98. The maximum atomic E-state index is 13.7. The van der Waals surface area contributed by atoms with Gasteiger partial charge in [0.25, 0.3) is 0 Å². The standard InChI is InChI=1S/C18H18ClFN2O2/c1-12-13(3-2-4-17(12)20)5-6-14(7-8-18(23)22-24)15-9-16(19)11-21-10-15/h2-4,6,9-11,24H,5,7-8H2,1H3,(H,22,23)/b14-6+. The topological polar surface area (TPSA) is 62.2 Å². The normalized spacial score (nSPS) is 11.4. The minimum atomic E-state index is -0.474. The molecule has 0 saturated heterocycles. The van der Waals surface area contributed by atoms with E-state index in [9.17, 15) is 9.18 Å². The van der Waals surface area contributed by atoms with E-state index in [2.05, 4.69) is 4.98 Å². The molecule has 0 unspecified atom stereocenters. The number of carbonyl (C=O) groups is 1. The number of nitrogens with zero attached hydrogens (tertiary/aromatic N) is 1. The van der Waals surface area contributed by atoms with Crippen molar-refractivity contribution in [1.82, 2.24) is 10.5 Å². The van der Waals surface area contributed by atoms with E-state index in [-0.39, 0.29) is 12.2 Å². The number of amides is 1. The molecule has 2 N–H and O–H groups in total. The third kappa shape index (κ3) is 4.88. The minimum Gasteiger partial charge on any atom is -0.289 e. The summed E-state index contributed by atoms with van der Waals surface area (Å²) in [6.45, 7) is 1.73. The van der Waals surface area contributed by atoms with E-state index in [1.807, 2.05) is 12.1 Å². The van der Waals surface area contributed by atoms with Crippen LogP contribution in [-0.2, 0) is 11.2 Å². The lowest BCUT2D eigenvalue weighted by Crippen LogP contribution is -2.18. The van der Waals surface area contributed by atoms with Crippen LogP contribution in [0.15, 0.2) is 42.7 Å². The second kappa shape index (κ2) is 8.57. The van der Waals surface area contributed by atoms with Crippen LogP contribution in [0, 0.1) is 12.7 Å². The van der Waals surface area contributed by atoms with Gasteiger partial charge >= 0.3 is 0 Å². The summed E-state index contributed by atoms with van der Waals surface area (Å²) in [4.78, 5) is 15.4. The Kier molecular flexibility index (Phi) is 6.46. The van der Waals surface area contributed by atoms with Crippen LogP contribution in [0.2, 0.25) is 5.02 Å². The zero-order valence-electron chi connectivity index (χ0n) is 13.2. The summed E-state index contributed by atoms with van der Waals surface area (Å²) in [6.07, 6.45) is 6.17. The molecule has 0 bridgehead atoms. The Morgan fingerprint density at radius 3 is 2.88 bits per heavy atom. The Morgan fingerprint density at radius 2 is 2.17 bits per heavy atom. The fourth-order valence-corrected chi connectivity index (χ4v) is 2.54. The summed E-state index contributed by atoms with van der Waals surface area (Å²) in [6, 6.07) is 6.72. The first-order chi connectivity index (χ1) is 11.5. The molecule has 0 fully saturated rings. The molecule has 0 aliphatic rings. The fourth-order valence-electron chi connectivity index (χ4n) is 2.36. The second-order valence-corrected chi connectivity index (χ2v) is 5.82. The summed E-state index contributed by atoms with van der Waals surface area (Å²) in [7, 11) is 0. The smallest absolute Gasteiger partial charge is 0.243 e. The number of benzene rings is 1. The van der Waals surface area contributed by atoms with Gasteiger partial charge in [-0.2, -0.15) is 0 Å². The van der Waals surface area contributed by atoms with Gasteiger partial charge in [0.1, 0.15) is 5.82 Å². The van der Waals surface area contributed by atoms with Crippen molar-refractivity contribution in [3.63, 3.8) is 0 Å². The van der Waals surface area contributed by atoms with Crippen molar-refractivity contribution in [3.8, 4) is 0 Å². The molecule has 0 spiro atoms. The zero-order chi connectivity index (χ0) is 17.5. The number of carbonyl (C=O) groups excluding carboxylic acids is 1. The molecule has 2 rings (SSSR count). The highest BCUT2D eigenvalue weighted by atomic mass is 35.5. The van der Waals surface area contributed by atoms with Crippen LogP contribution >= 0.6 is 11.6 Å². The van der Waals surface area contributed by atoms with Crippen molar-refractivity contribution in [1.29, 1.82) is 0 Å². The average Bonchev–Trinajstić information content (AvgIpc) is 2.58. The van der Waals surface area contributed by atoms with Crippen LogP contribution in [0.3, 0.4) is 0 Å². The summed E-state index contributed by atoms with van der Waals surface area (Å²) in [5, 5.41) is 9.14. The van der Waals surface area contributed by atoms with Gasteiger partial charge in [-0.15, -0.1) is 0 Å². The van der Waals surface area contributed by atoms with Crippen molar-refractivity contribution in [2.24, 2.45) is 0 Å². The first kappa shape index (κ1) is 18.1. The predicted molar refractivity (Wildman–Crippen MR) is 91.2 cm³/mol. The Hall–Kier alpha value is -2.24. The van der Waals surface area contributed by atoms with E-state index in [0.29, 0.717) is 23.4 Å². The molecule has 0 radical (unpaired) electrons. The van der Waals surface area contributed by atoms with Gasteiger partial charge in [0.2, 0.25) is 5.91 Å². The number of nitrogens with one attached hydrogen (secondary N) is 1. The Bertz CT molecular complexity index is 762. The molecular formula is C18H18ClFN2O2. The van der Waals surface area contributed by atoms with Gasteiger partial charge in [0.05, 0.1) is 5.02 Å². The number of aromatic nitrogens is 1. The second-order valence-electron chi connectivity index (χ2n) is 5.38. The first-order valence-electron chi connectivity index (χ1n) is 7.48. The number of hydrogen-bond acceptors (Lipinski definition) is 3. The van der Waals surface area contributed by atoms with E-state index in [1.54, 1.807) is 30.7 Å². The maximum Gasteiger partial charge on any atom is 0.243 e. The molecule has 1 aromatic heterocycles. The van der Waals surface area contributed by atoms with Crippen LogP contribution in [0.4, 0.5) is 4.39 Å². The Labute approximate surface area is 145 Å². The monoisotopic (exact) mass is 348 g/mol. The molecule has 2 aromatic rings. The average molecular weight is 349 g/mol. The number of rotatable bonds is 6. The summed E-state index contributed by atoms with van der Waals surface area (Å²) >= 11 is 5.98. The van der Waals surface area contributed by atoms with Crippen molar-refractivity contribution in [2.45, 2.75) is 26.2 Å². The Balaban J connectivity index is 2.27. The van der Waals surface area contributed by atoms with Gasteiger partial charge in [-0.3, -0.25) is 15.0 Å². The lowest BCUT2D eigenvalue weighted by Gasteiger charge is -2.09. The minimum absolute atomic E-state index is 0.122. The molecule has 1 amide bonds. The van der Waals surface area contributed by atoms with E-state index < -0.39 is 5.91 Å². The van der Waals surface area contributed by atoms with Gasteiger partial charge in [0.15, 0.2) is 0 Å². The van der Waals surface area contributed by atoms with Crippen LogP contribution in [0.1, 0.15) is 29.5 Å². The number of allylic oxidation sites excluding steroid dienone is 2. The number of halogens is 2. The summed E-state index contributed by atoms with van der Waals surface area (Å²) in [5.41, 5.74) is 4.74. The summed E-state index contributed by atoms with van der Waals surface area (Å²) < 4.78 is 13.7. The quantitative estimate of drug-likeness (QED) is 0.610. The van der Waals surface area contributed by atoms with Crippen molar-refractivity contribution in [2.75, 3.05) is 0 Å². The van der Waals surface area contributed by atoms with Crippen LogP contribution in [-0.4, -0.2) is 16.1 Å². The molecule has 0 aliphatic heterocycles. The highest BCUT2D eigenvalue weighted by Gasteiger charge is 2.08. The van der Waals surface area contributed by atoms with Crippen molar-refractivity contribution >= 4 is 23.1 Å². The third-order valence-electron chi connectivity index (χ3n) is 3.77. The van der Waals surface area contributed by atoms with E-state index in [4.69, 9.17) is 16.8 Å². The van der Waals surface area contributed by atoms with Crippen LogP contribution < -0.4 is 5.48 Å². The molecular weight excluding hydrogens is 331 g/mol. The van der Waals surface area contributed by atoms with Gasteiger partial charge < -0.3 is 0 Å². The molecule has 126 valence electrons. The number of hydroxylamine groups is 1. The first-order valence-corrected chi connectivity index (χ1v) is 7.86. The molecule has 24 heavy (non-hydrogen) atoms. The van der Waals surface area contributed by atoms with Gasteiger partial charge in [-0.1, -0.05) is 29.8 Å². The highest BCUT2D eigenvalue weighted by Crippen LogP contribution is 2.23. The zero-order valence-corrected chi connectivity index (χ0v) is 14.0. The van der Waals surface area contributed by atoms with Crippen molar-refractivity contribution < 1.29 is 14.4 Å².